The Morgan fingerprint density at radius 3 is 2.91 bits per heavy atom. The molecule has 23 heavy (non-hydrogen) atoms. The molecule has 6 nitrogen and oxygen atoms in total. The Hall–Kier alpha value is -2.60. The highest BCUT2D eigenvalue weighted by molar-refractivity contribution is 6.33. The van der Waals surface area contributed by atoms with Crippen molar-refractivity contribution >= 4 is 17.5 Å². The van der Waals surface area contributed by atoms with E-state index in [0.717, 1.165) is 5.69 Å². The molecule has 0 unspecified atom stereocenters. The number of aromatic nitrogens is 4. The van der Waals surface area contributed by atoms with E-state index in [2.05, 4.69) is 15.4 Å². The Morgan fingerprint density at radius 2 is 2.22 bits per heavy atom. The normalized spacial score (nSPS) is 12.1. The van der Waals surface area contributed by atoms with Crippen molar-refractivity contribution in [3.63, 3.8) is 0 Å². The molecular formula is C16H16ClN5O. The van der Waals surface area contributed by atoms with E-state index in [1.165, 1.54) is 0 Å². The van der Waals surface area contributed by atoms with Crippen LogP contribution < -0.4 is 5.32 Å². The molecule has 0 saturated carbocycles. The summed E-state index contributed by atoms with van der Waals surface area (Å²) in [4.78, 5) is 16.4. The van der Waals surface area contributed by atoms with Crippen molar-refractivity contribution in [3.05, 3.63) is 66.0 Å². The number of nitrogens with one attached hydrogen (secondary N) is 1. The predicted octanol–water partition coefficient (Wildman–Crippen LogP) is 2.71. The van der Waals surface area contributed by atoms with Crippen molar-refractivity contribution in [2.75, 3.05) is 6.54 Å². The van der Waals surface area contributed by atoms with Gasteiger partial charge in [0.05, 0.1) is 22.6 Å². The molecule has 0 aliphatic heterocycles. The summed E-state index contributed by atoms with van der Waals surface area (Å²) in [5.41, 5.74) is 1.21. The molecule has 1 amide bonds. The molecule has 0 bridgehead atoms. The lowest BCUT2D eigenvalue weighted by Crippen LogP contribution is -2.29. The largest absolute Gasteiger partial charge is 0.350 e. The van der Waals surface area contributed by atoms with Gasteiger partial charge in [0.25, 0.3) is 5.91 Å². The summed E-state index contributed by atoms with van der Waals surface area (Å²) in [5, 5.41) is 7.47. The van der Waals surface area contributed by atoms with Gasteiger partial charge in [-0.1, -0.05) is 11.6 Å². The lowest BCUT2D eigenvalue weighted by Gasteiger charge is -2.14. The minimum Gasteiger partial charge on any atom is -0.350 e. The number of hydrogen-bond acceptors (Lipinski definition) is 3. The number of benzene rings is 1. The Morgan fingerprint density at radius 1 is 1.35 bits per heavy atom. The van der Waals surface area contributed by atoms with Gasteiger partial charge in [-0.15, -0.1) is 0 Å². The summed E-state index contributed by atoms with van der Waals surface area (Å²) in [6.45, 7) is 2.49. The van der Waals surface area contributed by atoms with Crippen LogP contribution in [0.15, 0.2) is 55.4 Å². The summed E-state index contributed by atoms with van der Waals surface area (Å²) >= 11 is 6.16. The van der Waals surface area contributed by atoms with E-state index in [-0.39, 0.29) is 11.9 Å². The number of nitrogens with zero attached hydrogens (tertiary/aromatic N) is 4. The lowest BCUT2D eigenvalue weighted by atomic mass is 10.2. The van der Waals surface area contributed by atoms with Crippen LogP contribution in [-0.2, 0) is 0 Å². The Balaban J connectivity index is 1.73. The molecule has 1 N–H and O–H groups in total. The maximum absolute atomic E-state index is 12.4. The Bertz CT molecular complexity index is 783. The molecule has 2 heterocycles. The zero-order chi connectivity index (χ0) is 16.2. The number of imidazole rings is 1. The van der Waals surface area contributed by atoms with Crippen LogP contribution >= 0.6 is 11.6 Å². The van der Waals surface area contributed by atoms with E-state index in [1.54, 1.807) is 35.5 Å². The van der Waals surface area contributed by atoms with Crippen LogP contribution in [0, 0.1) is 0 Å². The number of amides is 1. The third kappa shape index (κ3) is 3.43. The Labute approximate surface area is 138 Å². The van der Waals surface area contributed by atoms with Gasteiger partial charge >= 0.3 is 0 Å². The first-order chi connectivity index (χ1) is 11.1. The predicted molar refractivity (Wildman–Crippen MR) is 87.8 cm³/mol. The van der Waals surface area contributed by atoms with E-state index in [0.29, 0.717) is 17.1 Å². The van der Waals surface area contributed by atoms with Crippen molar-refractivity contribution in [1.29, 1.82) is 0 Å². The molecule has 0 aliphatic carbocycles. The monoisotopic (exact) mass is 329 g/mol. The SMILES string of the molecule is C[C@@H](CNC(=O)c1cc(-n2cccn2)ccc1Cl)n1ccnc1. The molecule has 7 heteroatoms. The second kappa shape index (κ2) is 6.66. The van der Waals surface area contributed by atoms with Crippen LogP contribution in [0.4, 0.5) is 0 Å². The van der Waals surface area contributed by atoms with Gasteiger partial charge in [0.2, 0.25) is 0 Å². The van der Waals surface area contributed by atoms with E-state index in [1.807, 2.05) is 36.0 Å². The average Bonchev–Trinajstić information content (AvgIpc) is 3.25. The van der Waals surface area contributed by atoms with Crippen molar-refractivity contribution in [2.24, 2.45) is 0 Å². The summed E-state index contributed by atoms with van der Waals surface area (Å²) in [7, 11) is 0. The van der Waals surface area contributed by atoms with Gasteiger partial charge in [0.1, 0.15) is 0 Å². The van der Waals surface area contributed by atoms with Crippen molar-refractivity contribution in [3.8, 4) is 5.69 Å². The van der Waals surface area contributed by atoms with E-state index in [9.17, 15) is 4.79 Å². The third-order valence-electron chi connectivity index (χ3n) is 3.56. The minimum atomic E-state index is -0.212. The summed E-state index contributed by atoms with van der Waals surface area (Å²) in [5.74, 6) is -0.212. The first-order valence-electron chi connectivity index (χ1n) is 7.20. The number of hydrogen-bond donors (Lipinski definition) is 1. The van der Waals surface area contributed by atoms with Crippen molar-refractivity contribution in [1.82, 2.24) is 24.6 Å². The highest BCUT2D eigenvalue weighted by atomic mass is 35.5. The molecule has 118 valence electrons. The fraction of sp³-hybridized carbons (Fsp3) is 0.188. The number of rotatable bonds is 5. The van der Waals surface area contributed by atoms with Gasteiger partial charge in [0, 0.05) is 37.4 Å². The van der Waals surface area contributed by atoms with Crippen LogP contribution in [0.1, 0.15) is 23.3 Å². The second-order valence-corrected chi connectivity index (χ2v) is 5.59. The standard InChI is InChI=1S/C16H16ClN5O/c1-12(21-8-6-18-11-21)10-19-16(23)14-9-13(3-4-15(14)17)22-7-2-5-20-22/h2-9,11-12H,10H2,1H3,(H,19,23)/t12-/m0/s1. The van der Waals surface area contributed by atoms with Crippen LogP contribution in [0.3, 0.4) is 0 Å². The van der Waals surface area contributed by atoms with Gasteiger partial charge in [-0.25, -0.2) is 9.67 Å². The van der Waals surface area contributed by atoms with E-state index < -0.39 is 0 Å². The molecule has 2 aromatic heterocycles. The number of carbonyl (C=O) groups excluding carboxylic acids is 1. The van der Waals surface area contributed by atoms with Gasteiger partial charge < -0.3 is 9.88 Å². The van der Waals surface area contributed by atoms with Crippen LogP contribution in [0.5, 0.6) is 0 Å². The topological polar surface area (TPSA) is 64.7 Å². The molecule has 1 aromatic carbocycles. The minimum absolute atomic E-state index is 0.106. The lowest BCUT2D eigenvalue weighted by molar-refractivity contribution is 0.0948. The highest BCUT2D eigenvalue weighted by Crippen LogP contribution is 2.19. The molecule has 1 atom stereocenters. The average molecular weight is 330 g/mol. The van der Waals surface area contributed by atoms with Crippen LogP contribution in [0.2, 0.25) is 5.02 Å². The molecule has 0 radical (unpaired) electrons. The summed E-state index contributed by atoms with van der Waals surface area (Å²) < 4.78 is 3.61. The molecule has 3 aromatic rings. The molecule has 3 rings (SSSR count). The van der Waals surface area contributed by atoms with Gasteiger partial charge in [-0.2, -0.15) is 5.10 Å². The van der Waals surface area contributed by atoms with E-state index >= 15 is 0 Å². The third-order valence-corrected chi connectivity index (χ3v) is 3.88. The van der Waals surface area contributed by atoms with E-state index in [4.69, 9.17) is 11.6 Å². The van der Waals surface area contributed by atoms with Crippen molar-refractivity contribution in [2.45, 2.75) is 13.0 Å². The van der Waals surface area contributed by atoms with Crippen LogP contribution in [0.25, 0.3) is 5.69 Å². The fourth-order valence-electron chi connectivity index (χ4n) is 2.22. The van der Waals surface area contributed by atoms with Gasteiger partial charge in [0.15, 0.2) is 0 Å². The zero-order valence-corrected chi connectivity index (χ0v) is 13.3. The maximum Gasteiger partial charge on any atom is 0.252 e. The first-order valence-corrected chi connectivity index (χ1v) is 7.58. The molecule has 0 fully saturated rings. The first kappa shape index (κ1) is 15.3. The fourth-order valence-corrected chi connectivity index (χ4v) is 2.43. The molecule has 0 aliphatic rings. The summed E-state index contributed by atoms with van der Waals surface area (Å²) in [6, 6.07) is 7.18. The number of halogens is 1. The van der Waals surface area contributed by atoms with Gasteiger partial charge in [-0.05, 0) is 31.2 Å². The molecule has 0 saturated heterocycles. The smallest absolute Gasteiger partial charge is 0.252 e. The second-order valence-electron chi connectivity index (χ2n) is 5.18. The quantitative estimate of drug-likeness (QED) is 0.782. The van der Waals surface area contributed by atoms with Crippen molar-refractivity contribution < 1.29 is 4.79 Å². The Kier molecular flexibility index (Phi) is 4.43. The molecule has 0 spiro atoms. The van der Waals surface area contributed by atoms with Gasteiger partial charge in [-0.3, -0.25) is 4.79 Å². The molecular weight excluding hydrogens is 314 g/mol. The maximum atomic E-state index is 12.4. The summed E-state index contributed by atoms with van der Waals surface area (Å²) in [6.07, 6.45) is 8.79. The zero-order valence-electron chi connectivity index (χ0n) is 12.6. The highest BCUT2D eigenvalue weighted by Gasteiger charge is 2.13. The number of carbonyl (C=O) groups is 1. The van der Waals surface area contributed by atoms with Crippen LogP contribution in [-0.4, -0.2) is 31.8 Å².